The number of carbonyl (C=O) groups is 1. The molecule has 0 bridgehead atoms. The lowest BCUT2D eigenvalue weighted by molar-refractivity contribution is -0.379. The molecule has 0 saturated carbocycles. The summed E-state index contributed by atoms with van der Waals surface area (Å²) in [5.74, 6) is -0.252. The van der Waals surface area contributed by atoms with Gasteiger partial charge in [-0.2, -0.15) is 0 Å². The number of carbonyl (C=O) groups excluding carboxylic acids is 1. The number of nitrogens with one attached hydrogen (secondary N) is 1. The molecule has 12 N–H and O–H groups in total. The second kappa shape index (κ2) is 42.4. The number of allylic oxidation sites excluding steroid dienone is 2. The highest BCUT2D eigenvalue weighted by molar-refractivity contribution is 5.76. The maximum Gasteiger partial charge on any atom is 0.220 e. The second-order valence-electron chi connectivity index (χ2n) is 22.2. The van der Waals surface area contributed by atoms with Crippen LogP contribution in [0.15, 0.2) is 12.2 Å². The monoisotopic (exact) mass is 1110 g/mol. The Hall–Kier alpha value is -1.47. The second-order valence-corrected chi connectivity index (χ2v) is 22.2. The summed E-state index contributed by atoms with van der Waals surface area (Å²) < 4.78 is 34.3. The summed E-state index contributed by atoms with van der Waals surface area (Å²) >= 11 is 0. The van der Waals surface area contributed by atoms with Crippen LogP contribution in [0.4, 0.5) is 0 Å². The maximum absolute atomic E-state index is 13.3. The number of rotatable bonds is 45. The molecular weight excluding hydrogens is 999 g/mol. The highest BCUT2D eigenvalue weighted by Crippen LogP contribution is 2.33. The first kappa shape index (κ1) is 69.8. The van der Waals surface area contributed by atoms with Crippen molar-refractivity contribution in [2.24, 2.45) is 0 Å². The van der Waals surface area contributed by atoms with Gasteiger partial charge in [0, 0.05) is 6.42 Å². The third-order valence-electron chi connectivity index (χ3n) is 15.6. The summed E-state index contributed by atoms with van der Waals surface area (Å²) in [6.07, 6.45) is 14.4. The summed E-state index contributed by atoms with van der Waals surface area (Å²) in [7, 11) is 0. The summed E-state index contributed by atoms with van der Waals surface area (Å²) in [6, 6.07) is -0.887. The van der Waals surface area contributed by atoms with Gasteiger partial charge >= 0.3 is 0 Å². The fourth-order valence-electron chi connectivity index (χ4n) is 10.5. The molecule has 1 amide bonds. The van der Waals surface area contributed by atoms with E-state index in [4.69, 9.17) is 28.4 Å². The van der Waals surface area contributed by atoms with Gasteiger partial charge in [-0.05, 0) is 38.5 Å². The van der Waals surface area contributed by atoms with E-state index in [0.29, 0.717) is 12.8 Å². The lowest BCUT2D eigenvalue weighted by atomic mass is 9.96. The summed E-state index contributed by atoms with van der Waals surface area (Å²) in [4.78, 5) is 13.3. The molecular formula is C58H109NO18. The van der Waals surface area contributed by atoms with Crippen molar-refractivity contribution in [1.82, 2.24) is 5.32 Å². The molecule has 17 unspecified atom stereocenters. The zero-order chi connectivity index (χ0) is 56.2. The van der Waals surface area contributed by atoms with Gasteiger partial charge in [0.1, 0.15) is 73.2 Å². The average molecular weight is 1110 g/mol. The van der Waals surface area contributed by atoms with Crippen molar-refractivity contribution in [1.29, 1.82) is 0 Å². The molecule has 0 radical (unpaired) electrons. The first-order chi connectivity index (χ1) is 37.3. The van der Waals surface area contributed by atoms with E-state index in [2.05, 4.69) is 31.3 Å². The van der Waals surface area contributed by atoms with Gasteiger partial charge in [0.25, 0.3) is 0 Å². The van der Waals surface area contributed by atoms with Crippen molar-refractivity contribution >= 4 is 5.91 Å². The molecule has 3 saturated heterocycles. The fourth-order valence-corrected chi connectivity index (χ4v) is 10.5. The van der Waals surface area contributed by atoms with Crippen LogP contribution in [0.3, 0.4) is 0 Å². The predicted octanol–water partition coefficient (Wildman–Crippen LogP) is 5.38. The maximum atomic E-state index is 13.3. The summed E-state index contributed by atoms with van der Waals surface area (Å²) in [6.45, 7) is 1.76. The number of aliphatic hydroxyl groups excluding tert-OH is 11. The van der Waals surface area contributed by atoms with Gasteiger partial charge in [-0.25, -0.2) is 0 Å². The van der Waals surface area contributed by atoms with E-state index < -0.39 is 124 Å². The zero-order valence-corrected chi connectivity index (χ0v) is 47.2. The Balaban J connectivity index is 1.48. The van der Waals surface area contributed by atoms with Crippen LogP contribution in [0.2, 0.25) is 0 Å². The van der Waals surface area contributed by atoms with Crippen molar-refractivity contribution in [3.63, 3.8) is 0 Å². The molecule has 0 spiro atoms. The third-order valence-corrected chi connectivity index (χ3v) is 15.6. The van der Waals surface area contributed by atoms with Crippen molar-refractivity contribution in [2.75, 3.05) is 26.4 Å². The van der Waals surface area contributed by atoms with E-state index in [1.807, 2.05) is 0 Å². The summed E-state index contributed by atoms with van der Waals surface area (Å²) in [5.41, 5.74) is 0. The van der Waals surface area contributed by atoms with Gasteiger partial charge in [0.05, 0.1) is 38.6 Å². The van der Waals surface area contributed by atoms with Crippen LogP contribution < -0.4 is 5.32 Å². The van der Waals surface area contributed by atoms with Gasteiger partial charge in [-0.15, -0.1) is 0 Å². The van der Waals surface area contributed by atoms with Gasteiger partial charge in [0.15, 0.2) is 18.9 Å². The minimum absolute atomic E-state index is 0.252. The zero-order valence-electron chi connectivity index (χ0n) is 47.2. The van der Waals surface area contributed by atoms with E-state index in [-0.39, 0.29) is 18.9 Å². The Labute approximate surface area is 461 Å². The number of unbranched alkanes of at least 4 members (excludes halogenated alkanes) is 27. The van der Waals surface area contributed by atoms with E-state index in [1.54, 1.807) is 0 Å². The lowest BCUT2D eigenvalue weighted by Gasteiger charge is -2.48. The molecule has 0 aromatic carbocycles. The Morgan fingerprint density at radius 1 is 0.455 bits per heavy atom. The highest BCUT2D eigenvalue weighted by Gasteiger charge is 2.53. The smallest absolute Gasteiger partial charge is 0.220 e. The topological polar surface area (TPSA) is 307 Å². The molecule has 3 aliphatic heterocycles. The average Bonchev–Trinajstić information content (AvgIpc) is 3.43. The molecule has 19 nitrogen and oxygen atoms in total. The van der Waals surface area contributed by atoms with Gasteiger partial charge in [-0.1, -0.05) is 187 Å². The molecule has 77 heavy (non-hydrogen) atoms. The van der Waals surface area contributed by atoms with E-state index in [0.717, 1.165) is 64.2 Å². The van der Waals surface area contributed by atoms with Gasteiger partial charge < -0.3 is 89.9 Å². The largest absolute Gasteiger partial charge is 0.394 e. The number of aliphatic hydroxyl groups is 11. The van der Waals surface area contributed by atoms with Crippen molar-refractivity contribution in [2.45, 2.75) is 324 Å². The third kappa shape index (κ3) is 26.5. The normalized spacial score (nSPS) is 30.7. The molecule has 3 aliphatic rings. The number of hydrogen-bond acceptors (Lipinski definition) is 18. The first-order valence-electron chi connectivity index (χ1n) is 30.4. The molecule has 0 aromatic rings. The standard InChI is InChI=1S/C58H109NO18/c1-3-5-7-9-11-13-15-17-18-19-20-21-22-23-24-25-27-29-31-33-35-42(63)41(59-46(64)36-34-32-30-28-26-16-14-12-10-8-6-4-2)40-72-56-52(70)49(67)54(44(38-61)74-56)77-58-53(71)50(68)55(45(39-62)75-58)76-57-51(69)48(66)47(65)43(37-60)73-57/h12,14,41-45,47-58,60-63,65-71H,3-11,13,15-40H2,1-2H3,(H,59,64)/b14-12-. The number of ether oxygens (including phenoxy) is 6. The van der Waals surface area contributed by atoms with Gasteiger partial charge in [0.2, 0.25) is 5.91 Å². The van der Waals surface area contributed by atoms with Crippen LogP contribution in [0.5, 0.6) is 0 Å². The Bertz CT molecular complexity index is 1460. The minimum Gasteiger partial charge on any atom is -0.394 e. The minimum atomic E-state index is -1.97. The van der Waals surface area contributed by atoms with Gasteiger partial charge in [-0.3, -0.25) is 4.79 Å². The predicted molar refractivity (Wildman–Crippen MR) is 291 cm³/mol. The molecule has 3 heterocycles. The van der Waals surface area contributed by atoms with Crippen LogP contribution in [0.25, 0.3) is 0 Å². The lowest BCUT2D eigenvalue weighted by Crippen LogP contribution is -2.66. The van der Waals surface area contributed by atoms with Crippen molar-refractivity contribution in [3.8, 4) is 0 Å². The van der Waals surface area contributed by atoms with Crippen molar-refractivity contribution in [3.05, 3.63) is 12.2 Å². The quantitative estimate of drug-likeness (QED) is 0.0269. The molecule has 19 heteroatoms. The molecule has 0 aliphatic carbocycles. The van der Waals surface area contributed by atoms with Crippen LogP contribution in [0, 0.1) is 0 Å². The molecule has 0 aromatic heterocycles. The van der Waals surface area contributed by atoms with Crippen LogP contribution in [-0.2, 0) is 33.2 Å². The summed E-state index contributed by atoms with van der Waals surface area (Å²) in [5, 5.41) is 120. The highest BCUT2D eigenvalue weighted by atomic mass is 16.8. The molecule has 17 atom stereocenters. The van der Waals surface area contributed by atoms with Crippen LogP contribution in [-0.4, -0.2) is 193 Å². The Morgan fingerprint density at radius 2 is 0.818 bits per heavy atom. The van der Waals surface area contributed by atoms with E-state index in [9.17, 15) is 61.0 Å². The van der Waals surface area contributed by atoms with E-state index in [1.165, 1.54) is 122 Å². The first-order valence-corrected chi connectivity index (χ1v) is 30.4. The van der Waals surface area contributed by atoms with Crippen LogP contribution in [0.1, 0.15) is 219 Å². The van der Waals surface area contributed by atoms with Crippen molar-refractivity contribution < 1.29 is 89.4 Å². The SMILES string of the molecule is CCCCC/C=C\CCCCCCCC(=O)NC(COC1OC(CO)C(OC2OC(CO)C(OC3OC(CO)C(O)C(O)C3O)C(O)C2O)C(O)C1O)C(O)CCCCCCCCCCCCCCCCCCCCCC. The fraction of sp³-hybridized carbons (Fsp3) is 0.948. The molecule has 3 rings (SSSR count). The molecule has 454 valence electrons. The van der Waals surface area contributed by atoms with Crippen LogP contribution >= 0.6 is 0 Å². The van der Waals surface area contributed by atoms with E-state index >= 15 is 0 Å². The number of amides is 1. The number of hydrogen-bond donors (Lipinski definition) is 12. The Morgan fingerprint density at radius 3 is 1.29 bits per heavy atom. The Kier molecular flexibility index (Phi) is 38.4. The molecule has 3 fully saturated rings.